The van der Waals surface area contributed by atoms with Gasteiger partial charge in [-0.1, -0.05) is 12.1 Å². The van der Waals surface area contributed by atoms with Crippen molar-refractivity contribution in [1.29, 1.82) is 0 Å². The van der Waals surface area contributed by atoms with Gasteiger partial charge in [-0.25, -0.2) is 0 Å². The molecule has 1 aromatic rings. The van der Waals surface area contributed by atoms with Gasteiger partial charge in [-0.2, -0.15) is 0 Å². The highest BCUT2D eigenvalue weighted by atomic mass is 16.5. The Kier molecular flexibility index (Phi) is 6.38. The number of benzene rings is 1. The van der Waals surface area contributed by atoms with Gasteiger partial charge in [0.1, 0.15) is 5.75 Å². The van der Waals surface area contributed by atoms with Crippen LogP contribution in [0.3, 0.4) is 0 Å². The third-order valence-electron chi connectivity index (χ3n) is 2.33. The molecule has 0 aliphatic carbocycles. The van der Waals surface area contributed by atoms with E-state index in [0.29, 0.717) is 25.4 Å². The van der Waals surface area contributed by atoms with Gasteiger partial charge in [-0.05, 0) is 17.7 Å². The number of ether oxygens (including phenoxy) is 1. The summed E-state index contributed by atoms with van der Waals surface area (Å²) in [6.07, 6.45) is 0. The highest BCUT2D eigenvalue weighted by molar-refractivity contribution is 5.77. The summed E-state index contributed by atoms with van der Waals surface area (Å²) in [4.78, 5) is 22.0. The molecule has 0 aliphatic heterocycles. The minimum atomic E-state index is -0.233. The van der Waals surface area contributed by atoms with Crippen LogP contribution in [0.4, 0.5) is 0 Å². The average molecular weight is 265 g/mol. The van der Waals surface area contributed by atoms with Crippen LogP contribution in [0.25, 0.3) is 0 Å². The Labute approximate surface area is 112 Å². The van der Waals surface area contributed by atoms with Crippen LogP contribution in [-0.4, -0.2) is 31.5 Å². The molecule has 0 saturated carbocycles. The molecule has 104 valence electrons. The SMILES string of the molecule is CC(=O)NCCNC(=O)COc1cccc(CN)c1. The summed E-state index contributed by atoms with van der Waals surface area (Å²) in [6, 6.07) is 7.28. The van der Waals surface area contributed by atoms with Crippen LogP contribution in [0, 0.1) is 0 Å². The lowest BCUT2D eigenvalue weighted by molar-refractivity contribution is -0.123. The first-order chi connectivity index (χ1) is 9.11. The molecule has 0 heterocycles. The number of carbonyl (C=O) groups excluding carboxylic acids is 2. The van der Waals surface area contributed by atoms with Gasteiger partial charge in [0.05, 0.1) is 0 Å². The number of nitrogens with two attached hydrogens (primary N) is 1. The summed E-state index contributed by atoms with van der Waals surface area (Å²) in [5, 5.41) is 5.21. The topological polar surface area (TPSA) is 93.5 Å². The van der Waals surface area contributed by atoms with E-state index < -0.39 is 0 Å². The molecule has 2 amide bonds. The molecule has 1 aromatic carbocycles. The molecule has 0 unspecified atom stereocenters. The van der Waals surface area contributed by atoms with E-state index in [4.69, 9.17) is 10.5 Å². The van der Waals surface area contributed by atoms with Crippen molar-refractivity contribution in [2.75, 3.05) is 19.7 Å². The van der Waals surface area contributed by atoms with E-state index in [2.05, 4.69) is 10.6 Å². The van der Waals surface area contributed by atoms with Crippen LogP contribution >= 0.6 is 0 Å². The summed E-state index contributed by atoms with van der Waals surface area (Å²) >= 11 is 0. The minimum absolute atomic E-state index is 0.0614. The molecule has 0 aromatic heterocycles. The fourth-order valence-corrected chi connectivity index (χ4v) is 1.40. The van der Waals surface area contributed by atoms with Crippen molar-refractivity contribution in [3.63, 3.8) is 0 Å². The first-order valence-electron chi connectivity index (χ1n) is 6.04. The van der Waals surface area contributed by atoms with Gasteiger partial charge in [0.15, 0.2) is 6.61 Å². The fourth-order valence-electron chi connectivity index (χ4n) is 1.40. The Hall–Kier alpha value is -2.08. The highest BCUT2D eigenvalue weighted by Gasteiger charge is 2.02. The Morgan fingerprint density at radius 1 is 1.26 bits per heavy atom. The average Bonchev–Trinajstić information content (AvgIpc) is 2.41. The molecule has 4 N–H and O–H groups in total. The van der Waals surface area contributed by atoms with Crippen molar-refractivity contribution in [3.8, 4) is 5.75 Å². The Balaban J connectivity index is 2.24. The number of rotatable bonds is 7. The van der Waals surface area contributed by atoms with Crippen molar-refractivity contribution in [2.45, 2.75) is 13.5 Å². The summed E-state index contributed by atoms with van der Waals surface area (Å²) in [5.74, 6) is 0.257. The van der Waals surface area contributed by atoms with Gasteiger partial charge >= 0.3 is 0 Å². The zero-order valence-electron chi connectivity index (χ0n) is 10.9. The maximum Gasteiger partial charge on any atom is 0.258 e. The lowest BCUT2D eigenvalue weighted by Crippen LogP contribution is -2.36. The lowest BCUT2D eigenvalue weighted by Gasteiger charge is -2.08. The van der Waals surface area contributed by atoms with E-state index in [1.54, 1.807) is 12.1 Å². The summed E-state index contributed by atoms with van der Waals surface area (Å²) in [7, 11) is 0. The first-order valence-corrected chi connectivity index (χ1v) is 6.04. The Morgan fingerprint density at radius 3 is 2.68 bits per heavy atom. The van der Waals surface area contributed by atoms with Crippen LogP contribution < -0.4 is 21.1 Å². The van der Waals surface area contributed by atoms with Crippen LogP contribution in [0.2, 0.25) is 0 Å². The lowest BCUT2D eigenvalue weighted by atomic mass is 10.2. The van der Waals surface area contributed by atoms with Crippen LogP contribution in [0.15, 0.2) is 24.3 Å². The molecule has 0 aliphatic rings. The second-order valence-corrected chi connectivity index (χ2v) is 3.97. The Bertz CT molecular complexity index is 435. The third-order valence-corrected chi connectivity index (χ3v) is 2.33. The molecule has 0 atom stereocenters. The molecular formula is C13H19N3O3. The molecule has 6 heteroatoms. The van der Waals surface area contributed by atoms with Crippen molar-refractivity contribution < 1.29 is 14.3 Å². The second-order valence-electron chi connectivity index (χ2n) is 3.97. The van der Waals surface area contributed by atoms with E-state index in [1.807, 2.05) is 12.1 Å². The van der Waals surface area contributed by atoms with Gasteiger partial charge < -0.3 is 21.1 Å². The summed E-state index contributed by atoms with van der Waals surface area (Å²) in [5.41, 5.74) is 6.46. The maximum absolute atomic E-state index is 11.4. The van der Waals surface area contributed by atoms with E-state index in [9.17, 15) is 9.59 Å². The zero-order chi connectivity index (χ0) is 14.1. The van der Waals surface area contributed by atoms with E-state index in [0.717, 1.165) is 5.56 Å². The van der Waals surface area contributed by atoms with Crippen molar-refractivity contribution in [3.05, 3.63) is 29.8 Å². The fraction of sp³-hybridized carbons (Fsp3) is 0.385. The predicted molar refractivity (Wildman–Crippen MR) is 71.5 cm³/mol. The molecule has 1 rings (SSSR count). The molecule has 0 saturated heterocycles. The molecule has 0 spiro atoms. The first kappa shape index (κ1) is 15.0. The molecule has 0 fully saturated rings. The van der Waals surface area contributed by atoms with Crippen LogP contribution in [0.5, 0.6) is 5.75 Å². The second kappa shape index (κ2) is 8.10. The van der Waals surface area contributed by atoms with Crippen molar-refractivity contribution >= 4 is 11.8 Å². The number of hydrogen-bond acceptors (Lipinski definition) is 4. The van der Waals surface area contributed by atoms with Crippen molar-refractivity contribution in [2.24, 2.45) is 5.73 Å². The van der Waals surface area contributed by atoms with Crippen LogP contribution in [-0.2, 0) is 16.1 Å². The number of nitrogens with one attached hydrogen (secondary N) is 2. The predicted octanol–water partition coefficient (Wildman–Crippen LogP) is -0.224. The molecule has 0 bridgehead atoms. The standard InChI is InChI=1S/C13H19N3O3/c1-10(17)15-5-6-16-13(18)9-19-12-4-2-3-11(7-12)8-14/h2-4,7H,5-6,8-9,14H2,1H3,(H,15,17)(H,16,18). The van der Waals surface area contributed by atoms with Gasteiger partial charge in [0, 0.05) is 26.6 Å². The van der Waals surface area contributed by atoms with Gasteiger partial charge in [-0.3, -0.25) is 9.59 Å². The van der Waals surface area contributed by atoms with Crippen molar-refractivity contribution in [1.82, 2.24) is 10.6 Å². The van der Waals surface area contributed by atoms with Crippen LogP contribution in [0.1, 0.15) is 12.5 Å². The Morgan fingerprint density at radius 2 is 2.00 bits per heavy atom. The van der Waals surface area contributed by atoms with E-state index in [1.165, 1.54) is 6.92 Å². The van der Waals surface area contributed by atoms with Gasteiger partial charge in [0.25, 0.3) is 5.91 Å². The van der Waals surface area contributed by atoms with E-state index in [-0.39, 0.29) is 18.4 Å². The summed E-state index contributed by atoms with van der Waals surface area (Å²) < 4.78 is 5.33. The third kappa shape index (κ3) is 6.42. The smallest absolute Gasteiger partial charge is 0.258 e. The number of hydrogen-bond donors (Lipinski definition) is 3. The highest BCUT2D eigenvalue weighted by Crippen LogP contribution is 2.12. The number of amides is 2. The molecular weight excluding hydrogens is 246 g/mol. The number of carbonyl (C=O) groups is 2. The van der Waals surface area contributed by atoms with Gasteiger partial charge in [-0.15, -0.1) is 0 Å². The zero-order valence-corrected chi connectivity index (χ0v) is 10.9. The minimum Gasteiger partial charge on any atom is -0.484 e. The monoisotopic (exact) mass is 265 g/mol. The van der Waals surface area contributed by atoms with Gasteiger partial charge in [0.2, 0.25) is 5.91 Å². The quantitative estimate of drug-likeness (QED) is 0.594. The van der Waals surface area contributed by atoms with E-state index >= 15 is 0 Å². The largest absolute Gasteiger partial charge is 0.484 e. The molecule has 6 nitrogen and oxygen atoms in total. The normalized spacial score (nSPS) is 9.79. The molecule has 0 radical (unpaired) electrons. The summed E-state index contributed by atoms with van der Waals surface area (Å²) in [6.45, 7) is 2.58. The molecule has 19 heavy (non-hydrogen) atoms. The maximum atomic E-state index is 11.4.